The van der Waals surface area contributed by atoms with Crippen molar-refractivity contribution in [1.29, 1.82) is 0 Å². The van der Waals surface area contributed by atoms with E-state index in [1.807, 2.05) is 6.07 Å². The van der Waals surface area contributed by atoms with Crippen LogP contribution in [0.5, 0.6) is 11.5 Å². The van der Waals surface area contributed by atoms with Gasteiger partial charge in [-0.1, -0.05) is 0 Å². The van der Waals surface area contributed by atoms with Gasteiger partial charge in [-0.2, -0.15) is 0 Å². The average molecular weight is 194 g/mol. The number of aromatic nitrogens is 1. The number of anilines is 1. The molecular weight excluding hydrogens is 180 g/mol. The number of hydrogen-bond donors (Lipinski definition) is 1. The van der Waals surface area contributed by atoms with Gasteiger partial charge in [0.2, 0.25) is 0 Å². The standard InChI is InChI=1S/C10H14N2O2/c1-7(2)12-10-5-8-9(6-11-10)14-4-3-13-8/h5-7H,3-4H2,1-2H3,(H,11,12). The summed E-state index contributed by atoms with van der Waals surface area (Å²) in [4.78, 5) is 4.22. The first-order valence-electron chi connectivity index (χ1n) is 4.78. The number of rotatable bonds is 2. The number of pyridine rings is 1. The molecule has 0 atom stereocenters. The van der Waals surface area contributed by atoms with E-state index in [0.29, 0.717) is 19.3 Å². The van der Waals surface area contributed by atoms with Crippen LogP contribution in [0.4, 0.5) is 5.82 Å². The normalized spacial score (nSPS) is 14.2. The van der Waals surface area contributed by atoms with Crippen LogP contribution in [0.1, 0.15) is 13.8 Å². The van der Waals surface area contributed by atoms with Crippen LogP contribution < -0.4 is 14.8 Å². The molecule has 0 saturated carbocycles. The molecule has 0 aliphatic carbocycles. The van der Waals surface area contributed by atoms with Crippen LogP contribution in [-0.2, 0) is 0 Å². The van der Waals surface area contributed by atoms with E-state index in [0.717, 1.165) is 17.3 Å². The third-order valence-electron chi connectivity index (χ3n) is 1.87. The fraction of sp³-hybridized carbons (Fsp3) is 0.500. The number of nitrogens with zero attached hydrogens (tertiary/aromatic N) is 1. The lowest BCUT2D eigenvalue weighted by molar-refractivity contribution is 0.171. The van der Waals surface area contributed by atoms with Gasteiger partial charge in [0.05, 0.1) is 6.20 Å². The molecular formula is C10H14N2O2. The Morgan fingerprint density at radius 2 is 2.00 bits per heavy atom. The second-order valence-electron chi connectivity index (χ2n) is 3.51. The molecule has 4 nitrogen and oxygen atoms in total. The van der Waals surface area contributed by atoms with Crippen molar-refractivity contribution in [3.63, 3.8) is 0 Å². The molecule has 1 aliphatic rings. The summed E-state index contributed by atoms with van der Waals surface area (Å²) < 4.78 is 10.8. The average Bonchev–Trinajstić information content (AvgIpc) is 2.17. The minimum Gasteiger partial charge on any atom is -0.486 e. The highest BCUT2D eigenvalue weighted by molar-refractivity contribution is 5.49. The van der Waals surface area contributed by atoms with Crippen molar-refractivity contribution < 1.29 is 9.47 Å². The summed E-state index contributed by atoms with van der Waals surface area (Å²) in [6.45, 7) is 5.35. The highest BCUT2D eigenvalue weighted by atomic mass is 16.6. The van der Waals surface area contributed by atoms with Crippen molar-refractivity contribution in [3.05, 3.63) is 12.3 Å². The van der Waals surface area contributed by atoms with Crippen LogP contribution in [0.2, 0.25) is 0 Å². The highest BCUT2D eigenvalue weighted by Gasteiger charge is 2.12. The maximum absolute atomic E-state index is 5.44. The molecule has 0 amide bonds. The zero-order valence-corrected chi connectivity index (χ0v) is 8.41. The topological polar surface area (TPSA) is 43.4 Å². The van der Waals surface area contributed by atoms with Crippen LogP contribution >= 0.6 is 0 Å². The van der Waals surface area contributed by atoms with Gasteiger partial charge in [0.1, 0.15) is 19.0 Å². The molecule has 0 fully saturated rings. The van der Waals surface area contributed by atoms with Crippen LogP contribution in [0.25, 0.3) is 0 Å². The van der Waals surface area contributed by atoms with E-state index < -0.39 is 0 Å². The Bertz CT molecular complexity index is 326. The molecule has 2 rings (SSSR count). The minimum atomic E-state index is 0.366. The maximum atomic E-state index is 5.44. The Morgan fingerprint density at radius 1 is 1.29 bits per heavy atom. The fourth-order valence-electron chi connectivity index (χ4n) is 1.32. The summed E-state index contributed by atoms with van der Waals surface area (Å²) in [6.07, 6.45) is 1.69. The van der Waals surface area contributed by atoms with E-state index in [9.17, 15) is 0 Å². The zero-order chi connectivity index (χ0) is 9.97. The second kappa shape index (κ2) is 3.74. The molecule has 1 aromatic rings. The van der Waals surface area contributed by atoms with Gasteiger partial charge in [0.25, 0.3) is 0 Å². The van der Waals surface area contributed by atoms with E-state index in [4.69, 9.17) is 9.47 Å². The van der Waals surface area contributed by atoms with E-state index in [1.165, 1.54) is 0 Å². The zero-order valence-electron chi connectivity index (χ0n) is 8.41. The van der Waals surface area contributed by atoms with Crippen LogP contribution in [0.3, 0.4) is 0 Å². The SMILES string of the molecule is CC(C)Nc1cc2c(cn1)OCCO2. The summed E-state index contributed by atoms with van der Waals surface area (Å²) in [7, 11) is 0. The smallest absolute Gasteiger partial charge is 0.179 e. The largest absolute Gasteiger partial charge is 0.486 e. The monoisotopic (exact) mass is 194 g/mol. The van der Waals surface area contributed by atoms with Crippen molar-refractivity contribution in [3.8, 4) is 11.5 Å². The molecule has 0 unspecified atom stereocenters. The number of ether oxygens (including phenoxy) is 2. The van der Waals surface area contributed by atoms with E-state index >= 15 is 0 Å². The van der Waals surface area contributed by atoms with E-state index in [-0.39, 0.29) is 0 Å². The minimum absolute atomic E-state index is 0.366. The van der Waals surface area contributed by atoms with Gasteiger partial charge in [-0.25, -0.2) is 4.98 Å². The Hall–Kier alpha value is -1.45. The lowest BCUT2D eigenvalue weighted by Crippen LogP contribution is -2.17. The van der Waals surface area contributed by atoms with Crippen molar-refractivity contribution in [2.24, 2.45) is 0 Å². The molecule has 4 heteroatoms. The highest BCUT2D eigenvalue weighted by Crippen LogP contribution is 2.30. The Labute approximate surface area is 83.2 Å². The van der Waals surface area contributed by atoms with Crippen molar-refractivity contribution in [1.82, 2.24) is 4.98 Å². The van der Waals surface area contributed by atoms with Crippen molar-refractivity contribution >= 4 is 5.82 Å². The quantitative estimate of drug-likeness (QED) is 0.777. The first-order valence-corrected chi connectivity index (χ1v) is 4.78. The molecule has 0 bridgehead atoms. The number of fused-ring (bicyclic) bond motifs is 1. The van der Waals surface area contributed by atoms with Crippen LogP contribution in [0, 0.1) is 0 Å². The molecule has 0 spiro atoms. The predicted octanol–water partition coefficient (Wildman–Crippen LogP) is 1.67. The van der Waals surface area contributed by atoms with Gasteiger partial charge < -0.3 is 14.8 Å². The Kier molecular flexibility index (Phi) is 2.43. The summed E-state index contributed by atoms with van der Waals surface area (Å²) in [5, 5.41) is 3.21. The third kappa shape index (κ3) is 1.89. The van der Waals surface area contributed by atoms with Crippen LogP contribution in [0.15, 0.2) is 12.3 Å². The first-order chi connectivity index (χ1) is 6.75. The Morgan fingerprint density at radius 3 is 2.71 bits per heavy atom. The lowest BCUT2D eigenvalue weighted by Gasteiger charge is -2.19. The summed E-state index contributed by atoms with van der Waals surface area (Å²) in [5.41, 5.74) is 0. The van der Waals surface area contributed by atoms with Gasteiger partial charge in [-0.3, -0.25) is 0 Å². The molecule has 2 heterocycles. The lowest BCUT2D eigenvalue weighted by atomic mass is 10.3. The first kappa shape index (κ1) is 9.12. The van der Waals surface area contributed by atoms with Gasteiger partial charge in [0, 0.05) is 12.1 Å². The van der Waals surface area contributed by atoms with E-state index in [1.54, 1.807) is 6.20 Å². The summed E-state index contributed by atoms with van der Waals surface area (Å²) in [6, 6.07) is 2.24. The van der Waals surface area contributed by atoms with Gasteiger partial charge in [-0.05, 0) is 13.8 Å². The number of nitrogens with one attached hydrogen (secondary N) is 1. The summed E-state index contributed by atoms with van der Waals surface area (Å²) in [5.74, 6) is 2.32. The van der Waals surface area contributed by atoms with Gasteiger partial charge in [-0.15, -0.1) is 0 Å². The predicted molar refractivity (Wildman–Crippen MR) is 54.0 cm³/mol. The molecule has 1 aromatic heterocycles. The molecule has 1 aliphatic heterocycles. The maximum Gasteiger partial charge on any atom is 0.179 e. The van der Waals surface area contributed by atoms with Crippen molar-refractivity contribution in [2.75, 3.05) is 18.5 Å². The molecule has 1 N–H and O–H groups in total. The molecule has 0 radical (unpaired) electrons. The van der Waals surface area contributed by atoms with Crippen molar-refractivity contribution in [2.45, 2.75) is 19.9 Å². The second-order valence-corrected chi connectivity index (χ2v) is 3.51. The number of hydrogen-bond acceptors (Lipinski definition) is 4. The van der Waals surface area contributed by atoms with Gasteiger partial charge in [0.15, 0.2) is 11.5 Å². The fourth-order valence-corrected chi connectivity index (χ4v) is 1.32. The third-order valence-corrected chi connectivity index (χ3v) is 1.87. The molecule has 14 heavy (non-hydrogen) atoms. The van der Waals surface area contributed by atoms with E-state index in [2.05, 4.69) is 24.1 Å². The summed E-state index contributed by atoms with van der Waals surface area (Å²) >= 11 is 0. The molecule has 0 aromatic carbocycles. The molecule has 0 saturated heterocycles. The molecule has 76 valence electrons. The Balaban J connectivity index is 2.20. The van der Waals surface area contributed by atoms with Crippen LogP contribution in [-0.4, -0.2) is 24.2 Å². The van der Waals surface area contributed by atoms with Gasteiger partial charge >= 0.3 is 0 Å².